The van der Waals surface area contributed by atoms with Crippen LogP contribution in [0.4, 0.5) is 0 Å². The maximum absolute atomic E-state index is 4.49. The van der Waals surface area contributed by atoms with E-state index in [2.05, 4.69) is 32.8 Å². The zero-order chi connectivity index (χ0) is 8.55. The number of aromatic nitrogens is 2. The van der Waals surface area contributed by atoms with Crippen LogP contribution >= 0.6 is 15.9 Å². The quantitative estimate of drug-likeness (QED) is 0.776. The number of hydrogen-bond donors (Lipinski definition) is 0. The molecule has 1 aromatic heterocycles. The van der Waals surface area contributed by atoms with E-state index < -0.39 is 0 Å². The van der Waals surface area contributed by atoms with E-state index >= 15 is 0 Å². The highest BCUT2D eigenvalue weighted by Crippen LogP contribution is 2.41. The topological polar surface area (TPSA) is 25.8 Å². The molecule has 0 radical (unpaired) electrons. The third-order valence-electron chi connectivity index (χ3n) is 2.10. The molecular formula is C9H11BrN2. The Hall–Kier alpha value is -0.440. The van der Waals surface area contributed by atoms with Gasteiger partial charge in [0.1, 0.15) is 5.82 Å². The molecule has 1 aliphatic rings. The van der Waals surface area contributed by atoms with E-state index in [9.17, 15) is 0 Å². The molecule has 1 saturated carbocycles. The third kappa shape index (κ3) is 1.51. The summed E-state index contributed by atoms with van der Waals surface area (Å²) < 4.78 is 1.07. The molecule has 0 aliphatic heterocycles. The fourth-order valence-electron chi connectivity index (χ4n) is 1.23. The fourth-order valence-corrected chi connectivity index (χ4v) is 1.75. The van der Waals surface area contributed by atoms with Gasteiger partial charge in [-0.05, 0) is 28.8 Å². The number of aryl methyl sites for hydroxylation is 1. The van der Waals surface area contributed by atoms with Crippen molar-refractivity contribution in [3.05, 3.63) is 22.2 Å². The highest BCUT2D eigenvalue weighted by Gasteiger charge is 2.27. The molecule has 1 aliphatic carbocycles. The summed E-state index contributed by atoms with van der Waals surface area (Å²) in [5.41, 5.74) is 1.21. The molecule has 3 heteroatoms. The maximum atomic E-state index is 4.49. The van der Waals surface area contributed by atoms with Crippen LogP contribution in [0, 0.1) is 0 Å². The van der Waals surface area contributed by atoms with E-state index in [1.54, 1.807) is 0 Å². The standard InChI is InChI=1S/C9H11BrN2/c1-2-8-11-5-7(10)9(12-8)6-3-4-6/h5-6H,2-4H2,1H3. The van der Waals surface area contributed by atoms with Crippen LogP contribution in [0.5, 0.6) is 0 Å². The summed E-state index contributed by atoms with van der Waals surface area (Å²) in [5.74, 6) is 1.66. The summed E-state index contributed by atoms with van der Waals surface area (Å²) in [6.45, 7) is 2.08. The molecule has 0 spiro atoms. The Labute approximate surface area is 80.6 Å². The van der Waals surface area contributed by atoms with E-state index in [1.807, 2.05) is 6.20 Å². The van der Waals surface area contributed by atoms with Gasteiger partial charge >= 0.3 is 0 Å². The molecule has 0 saturated heterocycles. The second-order valence-corrected chi connectivity index (χ2v) is 4.00. The van der Waals surface area contributed by atoms with Crippen molar-refractivity contribution in [1.82, 2.24) is 9.97 Å². The van der Waals surface area contributed by atoms with Gasteiger partial charge in [0.25, 0.3) is 0 Å². The Morgan fingerprint density at radius 2 is 2.33 bits per heavy atom. The Morgan fingerprint density at radius 3 is 2.92 bits per heavy atom. The molecule has 0 unspecified atom stereocenters. The van der Waals surface area contributed by atoms with Gasteiger partial charge in [-0.15, -0.1) is 0 Å². The molecule has 1 heterocycles. The molecule has 0 bridgehead atoms. The number of nitrogens with zero attached hydrogens (tertiary/aromatic N) is 2. The van der Waals surface area contributed by atoms with E-state index in [-0.39, 0.29) is 0 Å². The van der Waals surface area contributed by atoms with Crippen LogP contribution < -0.4 is 0 Å². The molecule has 0 aromatic carbocycles. The smallest absolute Gasteiger partial charge is 0.128 e. The van der Waals surface area contributed by atoms with Crippen LogP contribution in [-0.2, 0) is 6.42 Å². The average Bonchev–Trinajstić information content (AvgIpc) is 2.88. The number of rotatable bonds is 2. The van der Waals surface area contributed by atoms with E-state index in [4.69, 9.17) is 0 Å². The first kappa shape index (κ1) is 8.17. The number of hydrogen-bond acceptors (Lipinski definition) is 2. The van der Waals surface area contributed by atoms with Gasteiger partial charge in [0.05, 0.1) is 10.2 Å². The van der Waals surface area contributed by atoms with Crippen LogP contribution in [-0.4, -0.2) is 9.97 Å². The predicted molar refractivity (Wildman–Crippen MR) is 51.1 cm³/mol. The van der Waals surface area contributed by atoms with Gasteiger partial charge in [-0.25, -0.2) is 9.97 Å². The lowest BCUT2D eigenvalue weighted by Gasteiger charge is -2.02. The normalized spacial score (nSPS) is 16.5. The number of halogens is 1. The van der Waals surface area contributed by atoms with Gasteiger partial charge < -0.3 is 0 Å². The van der Waals surface area contributed by atoms with Gasteiger partial charge in [0, 0.05) is 18.5 Å². The second kappa shape index (κ2) is 3.13. The summed E-state index contributed by atoms with van der Waals surface area (Å²) in [4.78, 5) is 8.70. The van der Waals surface area contributed by atoms with Crippen molar-refractivity contribution in [1.29, 1.82) is 0 Å². The molecule has 0 amide bonds. The first-order valence-corrected chi connectivity index (χ1v) is 5.12. The van der Waals surface area contributed by atoms with Crippen LogP contribution in [0.3, 0.4) is 0 Å². The van der Waals surface area contributed by atoms with Crippen LogP contribution in [0.25, 0.3) is 0 Å². The van der Waals surface area contributed by atoms with E-state index in [1.165, 1.54) is 18.5 Å². The molecule has 12 heavy (non-hydrogen) atoms. The van der Waals surface area contributed by atoms with Gasteiger partial charge in [-0.3, -0.25) is 0 Å². The molecule has 0 atom stereocenters. The monoisotopic (exact) mass is 226 g/mol. The summed E-state index contributed by atoms with van der Waals surface area (Å²) >= 11 is 3.48. The maximum Gasteiger partial charge on any atom is 0.128 e. The summed E-state index contributed by atoms with van der Waals surface area (Å²) in [5, 5.41) is 0. The summed E-state index contributed by atoms with van der Waals surface area (Å²) in [6.07, 6.45) is 5.38. The SMILES string of the molecule is CCc1ncc(Br)c(C2CC2)n1. The summed E-state index contributed by atoms with van der Waals surface area (Å²) in [6, 6.07) is 0. The Balaban J connectivity index is 2.36. The zero-order valence-corrected chi connectivity index (χ0v) is 8.63. The zero-order valence-electron chi connectivity index (χ0n) is 7.05. The van der Waals surface area contributed by atoms with Crippen molar-refractivity contribution < 1.29 is 0 Å². The van der Waals surface area contributed by atoms with Gasteiger partial charge in [-0.1, -0.05) is 6.92 Å². The predicted octanol–water partition coefficient (Wildman–Crippen LogP) is 2.68. The van der Waals surface area contributed by atoms with Crippen molar-refractivity contribution in [2.75, 3.05) is 0 Å². The van der Waals surface area contributed by atoms with Crippen molar-refractivity contribution in [2.45, 2.75) is 32.1 Å². The fraction of sp³-hybridized carbons (Fsp3) is 0.556. The van der Waals surface area contributed by atoms with Crippen LogP contribution in [0.15, 0.2) is 10.7 Å². The molecular weight excluding hydrogens is 216 g/mol. The molecule has 0 N–H and O–H groups in total. The van der Waals surface area contributed by atoms with Gasteiger partial charge in [-0.2, -0.15) is 0 Å². The Morgan fingerprint density at radius 1 is 1.58 bits per heavy atom. The van der Waals surface area contributed by atoms with E-state index in [0.717, 1.165) is 16.7 Å². The minimum Gasteiger partial charge on any atom is -0.240 e. The van der Waals surface area contributed by atoms with Crippen molar-refractivity contribution in [3.8, 4) is 0 Å². The highest BCUT2D eigenvalue weighted by molar-refractivity contribution is 9.10. The molecule has 2 rings (SSSR count). The molecule has 1 fully saturated rings. The lowest BCUT2D eigenvalue weighted by atomic mass is 10.3. The van der Waals surface area contributed by atoms with E-state index in [0.29, 0.717) is 5.92 Å². The molecule has 1 aromatic rings. The third-order valence-corrected chi connectivity index (χ3v) is 2.71. The van der Waals surface area contributed by atoms with Crippen molar-refractivity contribution >= 4 is 15.9 Å². The van der Waals surface area contributed by atoms with Gasteiger partial charge in [0.2, 0.25) is 0 Å². The Kier molecular flexibility index (Phi) is 2.13. The Bertz CT molecular complexity index is 295. The van der Waals surface area contributed by atoms with Crippen molar-refractivity contribution in [2.24, 2.45) is 0 Å². The highest BCUT2D eigenvalue weighted by atomic mass is 79.9. The van der Waals surface area contributed by atoms with Crippen LogP contribution in [0.1, 0.15) is 37.2 Å². The molecule has 2 nitrogen and oxygen atoms in total. The van der Waals surface area contributed by atoms with Crippen LogP contribution in [0.2, 0.25) is 0 Å². The first-order valence-electron chi connectivity index (χ1n) is 4.32. The average molecular weight is 227 g/mol. The van der Waals surface area contributed by atoms with Gasteiger partial charge in [0.15, 0.2) is 0 Å². The summed E-state index contributed by atoms with van der Waals surface area (Å²) in [7, 11) is 0. The minimum atomic E-state index is 0.702. The largest absolute Gasteiger partial charge is 0.240 e. The minimum absolute atomic E-state index is 0.702. The lowest BCUT2D eigenvalue weighted by molar-refractivity contribution is 0.873. The lowest BCUT2D eigenvalue weighted by Crippen LogP contribution is -1.97. The molecule has 64 valence electrons. The first-order chi connectivity index (χ1) is 5.81. The second-order valence-electron chi connectivity index (χ2n) is 3.15. The van der Waals surface area contributed by atoms with Crippen molar-refractivity contribution in [3.63, 3.8) is 0 Å².